The van der Waals surface area contributed by atoms with Gasteiger partial charge in [0.25, 0.3) is 0 Å². The fourth-order valence-corrected chi connectivity index (χ4v) is 5.05. The Morgan fingerprint density at radius 2 is 1.59 bits per heavy atom. The van der Waals surface area contributed by atoms with Crippen LogP contribution in [0.2, 0.25) is 0 Å². The molecule has 0 amide bonds. The van der Waals surface area contributed by atoms with Crippen molar-refractivity contribution in [2.24, 2.45) is 16.7 Å². The third-order valence-electron chi connectivity index (χ3n) is 7.36. The monoisotopic (exact) mass is 362 g/mol. The molecule has 2 aliphatic carbocycles. The number of esters is 1. The van der Waals surface area contributed by atoms with Crippen molar-refractivity contribution < 1.29 is 14.3 Å². The lowest BCUT2D eigenvalue weighted by atomic mass is 9.70. The molecule has 2 aromatic rings. The third kappa shape index (κ3) is 2.80. The summed E-state index contributed by atoms with van der Waals surface area (Å²) >= 11 is 0. The van der Waals surface area contributed by atoms with Gasteiger partial charge in [-0.3, -0.25) is 4.79 Å². The number of ether oxygens (including phenoxy) is 1. The van der Waals surface area contributed by atoms with Crippen molar-refractivity contribution in [3.63, 3.8) is 0 Å². The van der Waals surface area contributed by atoms with Crippen LogP contribution in [0.5, 0.6) is 0 Å². The molecule has 0 unspecified atom stereocenters. The third-order valence-corrected chi connectivity index (χ3v) is 7.36. The first kappa shape index (κ1) is 18.0. The van der Waals surface area contributed by atoms with E-state index in [1.54, 1.807) is 36.4 Å². The van der Waals surface area contributed by atoms with Crippen molar-refractivity contribution in [2.45, 2.75) is 46.1 Å². The van der Waals surface area contributed by atoms with Gasteiger partial charge in [0.1, 0.15) is 6.10 Å². The molecule has 2 saturated carbocycles. The van der Waals surface area contributed by atoms with Gasteiger partial charge in [0, 0.05) is 16.5 Å². The Labute approximate surface area is 160 Å². The lowest BCUT2D eigenvalue weighted by Gasteiger charge is -2.38. The van der Waals surface area contributed by atoms with Crippen molar-refractivity contribution in [3.05, 3.63) is 71.3 Å². The molecule has 27 heavy (non-hydrogen) atoms. The van der Waals surface area contributed by atoms with Crippen molar-refractivity contribution in [1.82, 2.24) is 0 Å². The molecule has 2 aliphatic rings. The maximum absolute atomic E-state index is 12.8. The van der Waals surface area contributed by atoms with Gasteiger partial charge in [0.05, 0.1) is 5.56 Å². The van der Waals surface area contributed by atoms with Gasteiger partial charge in [0.2, 0.25) is 0 Å². The van der Waals surface area contributed by atoms with Gasteiger partial charge in [-0.1, -0.05) is 63.2 Å². The molecule has 2 aromatic carbocycles. The van der Waals surface area contributed by atoms with Crippen molar-refractivity contribution in [3.8, 4) is 0 Å². The summed E-state index contributed by atoms with van der Waals surface area (Å²) in [7, 11) is 0. The van der Waals surface area contributed by atoms with Crippen LogP contribution < -0.4 is 0 Å². The molecule has 2 bridgehead atoms. The highest BCUT2D eigenvalue weighted by molar-refractivity contribution is 6.09. The molecule has 4 rings (SSSR count). The van der Waals surface area contributed by atoms with Gasteiger partial charge in [0.15, 0.2) is 5.78 Å². The Kier molecular flexibility index (Phi) is 4.21. The zero-order valence-corrected chi connectivity index (χ0v) is 16.2. The second-order valence-corrected chi connectivity index (χ2v) is 8.78. The molecule has 0 aliphatic heterocycles. The number of carbonyl (C=O) groups is 2. The Balaban J connectivity index is 1.53. The lowest BCUT2D eigenvalue weighted by molar-refractivity contribution is -0.0242. The highest BCUT2D eigenvalue weighted by Crippen LogP contribution is 2.66. The quantitative estimate of drug-likeness (QED) is 0.548. The second kappa shape index (κ2) is 6.33. The molecule has 140 valence electrons. The summed E-state index contributed by atoms with van der Waals surface area (Å²) in [6.07, 6.45) is 3.22. The van der Waals surface area contributed by atoms with Crippen LogP contribution in [-0.2, 0) is 4.74 Å². The number of hydrogen-bond donors (Lipinski definition) is 0. The summed E-state index contributed by atoms with van der Waals surface area (Å²) in [5.74, 6) is 0.205. The van der Waals surface area contributed by atoms with Crippen molar-refractivity contribution in [2.75, 3.05) is 0 Å². The Morgan fingerprint density at radius 3 is 2.22 bits per heavy atom. The topological polar surface area (TPSA) is 43.4 Å². The number of fused-ring (bicyclic) bond motifs is 2. The fourth-order valence-electron chi connectivity index (χ4n) is 5.05. The molecule has 0 saturated heterocycles. The van der Waals surface area contributed by atoms with Crippen LogP contribution in [0.3, 0.4) is 0 Å². The van der Waals surface area contributed by atoms with Crippen LogP contribution in [0.1, 0.15) is 66.3 Å². The predicted molar refractivity (Wildman–Crippen MR) is 105 cm³/mol. The van der Waals surface area contributed by atoms with E-state index in [9.17, 15) is 9.59 Å². The van der Waals surface area contributed by atoms with Crippen LogP contribution in [-0.4, -0.2) is 17.9 Å². The number of benzene rings is 2. The normalized spacial score (nSPS) is 28.1. The Morgan fingerprint density at radius 1 is 0.926 bits per heavy atom. The highest BCUT2D eigenvalue weighted by Gasteiger charge is 2.62. The first-order chi connectivity index (χ1) is 12.8. The molecule has 0 spiro atoms. The van der Waals surface area contributed by atoms with E-state index in [2.05, 4.69) is 20.8 Å². The number of ketones is 1. The molecule has 3 atom stereocenters. The molecule has 3 nitrogen and oxygen atoms in total. The molecule has 0 N–H and O–H groups in total. The lowest BCUT2D eigenvalue weighted by Crippen LogP contribution is -2.38. The molecule has 0 aromatic heterocycles. The van der Waals surface area contributed by atoms with E-state index < -0.39 is 0 Å². The fraction of sp³-hybridized carbons (Fsp3) is 0.417. The molecule has 0 heterocycles. The summed E-state index contributed by atoms with van der Waals surface area (Å²) in [6, 6.07) is 16.0. The van der Waals surface area contributed by atoms with Crippen LogP contribution in [0.15, 0.2) is 54.6 Å². The SMILES string of the molecule is CC1(C)[C@@H]2CC[C@@]1(C)[C@H](OC(=O)c1cccc(C(=O)c3ccccc3)c1)C2. The van der Waals surface area contributed by atoms with Gasteiger partial charge >= 0.3 is 5.97 Å². The zero-order valence-electron chi connectivity index (χ0n) is 16.2. The highest BCUT2D eigenvalue weighted by atomic mass is 16.5. The Hall–Kier alpha value is -2.42. The van der Waals surface area contributed by atoms with E-state index in [0.717, 1.165) is 12.8 Å². The summed E-state index contributed by atoms with van der Waals surface area (Å²) in [6.45, 7) is 6.86. The predicted octanol–water partition coefficient (Wildman–Crippen LogP) is 5.29. The van der Waals surface area contributed by atoms with Gasteiger partial charge in [-0.2, -0.15) is 0 Å². The maximum Gasteiger partial charge on any atom is 0.338 e. The van der Waals surface area contributed by atoms with E-state index in [1.165, 1.54) is 6.42 Å². The first-order valence-corrected chi connectivity index (χ1v) is 9.74. The summed E-state index contributed by atoms with van der Waals surface area (Å²) in [5.41, 5.74) is 1.80. The summed E-state index contributed by atoms with van der Waals surface area (Å²) < 4.78 is 5.96. The van der Waals surface area contributed by atoms with E-state index in [1.807, 2.05) is 18.2 Å². The average Bonchev–Trinajstić information content (AvgIpc) is 3.01. The summed E-state index contributed by atoms with van der Waals surface area (Å²) in [5, 5.41) is 0. The average molecular weight is 362 g/mol. The number of rotatable bonds is 4. The van der Waals surface area contributed by atoms with Crippen LogP contribution in [0.4, 0.5) is 0 Å². The maximum atomic E-state index is 12.8. The van der Waals surface area contributed by atoms with Crippen molar-refractivity contribution >= 4 is 11.8 Å². The second-order valence-electron chi connectivity index (χ2n) is 8.78. The first-order valence-electron chi connectivity index (χ1n) is 9.74. The largest absolute Gasteiger partial charge is 0.458 e. The molecular formula is C24H26O3. The summed E-state index contributed by atoms with van der Waals surface area (Å²) in [4.78, 5) is 25.5. The van der Waals surface area contributed by atoms with Crippen LogP contribution >= 0.6 is 0 Å². The van der Waals surface area contributed by atoms with Crippen molar-refractivity contribution in [1.29, 1.82) is 0 Å². The van der Waals surface area contributed by atoms with Crippen LogP contribution in [0.25, 0.3) is 0 Å². The Bertz CT molecular complexity index is 884. The molecule has 2 fully saturated rings. The zero-order chi connectivity index (χ0) is 19.2. The minimum absolute atomic E-state index is 0.0325. The van der Waals surface area contributed by atoms with Crippen LogP contribution in [0, 0.1) is 16.7 Å². The van der Waals surface area contributed by atoms with E-state index >= 15 is 0 Å². The van der Waals surface area contributed by atoms with E-state index in [0.29, 0.717) is 22.6 Å². The van der Waals surface area contributed by atoms with Gasteiger partial charge in [-0.15, -0.1) is 0 Å². The molecule has 0 radical (unpaired) electrons. The van der Waals surface area contributed by atoms with Gasteiger partial charge in [-0.25, -0.2) is 4.79 Å². The van der Waals surface area contributed by atoms with Gasteiger partial charge < -0.3 is 4.74 Å². The molecular weight excluding hydrogens is 336 g/mol. The van der Waals surface area contributed by atoms with E-state index in [-0.39, 0.29) is 28.7 Å². The number of hydrogen-bond acceptors (Lipinski definition) is 3. The number of carbonyl (C=O) groups excluding carboxylic acids is 2. The smallest absolute Gasteiger partial charge is 0.338 e. The van der Waals surface area contributed by atoms with E-state index in [4.69, 9.17) is 4.74 Å². The minimum atomic E-state index is -0.327. The van der Waals surface area contributed by atoms with Gasteiger partial charge in [-0.05, 0) is 42.7 Å². The molecule has 3 heteroatoms. The minimum Gasteiger partial charge on any atom is -0.458 e. The standard InChI is InChI=1S/C24H26O3/c1-23(2)19-12-13-24(23,3)20(15-19)27-22(26)18-11-7-10-17(14-18)21(25)16-8-5-4-6-9-16/h4-11,14,19-20H,12-13,15H2,1-3H3/t19-,20-,24+/m1/s1.